The normalized spacial score (nSPS) is 17.6. The molecule has 1 unspecified atom stereocenters. The summed E-state index contributed by atoms with van der Waals surface area (Å²) < 4.78 is 4.69. The van der Waals surface area contributed by atoms with E-state index in [9.17, 15) is 14.9 Å². The lowest BCUT2D eigenvalue weighted by molar-refractivity contribution is -0.220. The van der Waals surface area contributed by atoms with Gasteiger partial charge in [-0.15, -0.1) is 0 Å². The van der Waals surface area contributed by atoms with Crippen LogP contribution in [0.25, 0.3) is 5.57 Å². The first-order valence-corrected chi connectivity index (χ1v) is 8.04. The number of carbonyl (C=O) groups is 2. The first kappa shape index (κ1) is 18.7. The standard InChI is InChI=1S/C19H22N2O4/c1-13(22)21-17(10-15(12-20)18(23)24-4)16(11-19(2,3)25-21)14-8-6-5-7-9-14/h5-9,15H,10-11H2,1-4H3. The van der Waals surface area contributed by atoms with Crippen LogP contribution in [0.2, 0.25) is 0 Å². The molecule has 1 atom stereocenters. The molecule has 0 saturated carbocycles. The van der Waals surface area contributed by atoms with Gasteiger partial charge < -0.3 is 4.74 Å². The number of hydrogen-bond donors (Lipinski definition) is 0. The maximum Gasteiger partial charge on any atom is 0.323 e. The number of rotatable bonds is 4. The topological polar surface area (TPSA) is 79.6 Å². The molecule has 0 aromatic heterocycles. The molecule has 132 valence electrons. The van der Waals surface area contributed by atoms with E-state index in [1.54, 1.807) is 0 Å². The molecule has 0 spiro atoms. The van der Waals surface area contributed by atoms with E-state index in [1.807, 2.05) is 50.2 Å². The molecule has 6 heteroatoms. The summed E-state index contributed by atoms with van der Waals surface area (Å²) in [5.74, 6) is -1.95. The van der Waals surface area contributed by atoms with E-state index < -0.39 is 17.5 Å². The van der Waals surface area contributed by atoms with Gasteiger partial charge in [0, 0.05) is 19.8 Å². The van der Waals surface area contributed by atoms with Crippen molar-refractivity contribution in [2.24, 2.45) is 5.92 Å². The van der Waals surface area contributed by atoms with Gasteiger partial charge in [0.15, 0.2) is 0 Å². The summed E-state index contributed by atoms with van der Waals surface area (Å²) in [6.07, 6.45) is 0.596. The van der Waals surface area contributed by atoms with Crippen LogP contribution in [-0.4, -0.2) is 29.7 Å². The summed E-state index contributed by atoms with van der Waals surface area (Å²) in [5, 5.41) is 10.5. The Balaban J connectivity index is 2.58. The highest BCUT2D eigenvalue weighted by atomic mass is 16.7. The molecule has 1 aliphatic heterocycles. The van der Waals surface area contributed by atoms with Gasteiger partial charge in [-0.1, -0.05) is 30.3 Å². The number of hydrogen-bond acceptors (Lipinski definition) is 5. The van der Waals surface area contributed by atoms with Crippen LogP contribution in [0, 0.1) is 17.2 Å². The van der Waals surface area contributed by atoms with Crippen molar-refractivity contribution in [3.05, 3.63) is 41.6 Å². The summed E-state index contributed by atoms with van der Waals surface area (Å²) >= 11 is 0. The fraction of sp³-hybridized carbons (Fsp3) is 0.421. The first-order chi connectivity index (χ1) is 11.8. The zero-order valence-electron chi connectivity index (χ0n) is 14.9. The molecule has 2 rings (SSSR count). The minimum atomic E-state index is -1.01. The van der Waals surface area contributed by atoms with E-state index in [0.29, 0.717) is 12.1 Å². The summed E-state index contributed by atoms with van der Waals surface area (Å²) in [6, 6.07) is 11.5. The van der Waals surface area contributed by atoms with Crippen LogP contribution in [-0.2, 0) is 19.2 Å². The molecular formula is C19H22N2O4. The average Bonchev–Trinajstić information content (AvgIpc) is 2.59. The zero-order chi connectivity index (χ0) is 18.6. The number of benzene rings is 1. The lowest BCUT2D eigenvalue weighted by atomic mass is 9.87. The monoisotopic (exact) mass is 342 g/mol. The molecule has 0 aliphatic carbocycles. The minimum absolute atomic E-state index is 0.0447. The quantitative estimate of drug-likeness (QED) is 0.786. The Labute approximate surface area is 147 Å². The number of methoxy groups -OCH3 is 1. The van der Waals surface area contributed by atoms with Crippen molar-refractivity contribution in [2.45, 2.75) is 39.2 Å². The number of allylic oxidation sites excluding steroid dienone is 1. The molecule has 1 amide bonds. The Kier molecular flexibility index (Phi) is 5.60. The van der Waals surface area contributed by atoms with Gasteiger partial charge in [-0.25, -0.2) is 0 Å². The van der Waals surface area contributed by atoms with Crippen LogP contribution in [0.1, 0.15) is 39.2 Å². The number of esters is 1. The van der Waals surface area contributed by atoms with Gasteiger partial charge in [-0.05, 0) is 25.0 Å². The second kappa shape index (κ2) is 7.49. The fourth-order valence-electron chi connectivity index (χ4n) is 2.87. The summed E-state index contributed by atoms with van der Waals surface area (Å²) in [7, 11) is 1.24. The van der Waals surface area contributed by atoms with Gasteiger partial charge >= 0.3 is 5.97 Å². The molecule has 6 nitrogen and oxygen atoms in total. The molecule has 0 bridgehead atoms. The number of amides is 1. The molecule has 0 radical (unpaired) electrons. The van der Waals surface area contributed by atoms with Gasteiger partial charge in [0.25, 0.3) is 0 Å². The van der Waals surface area contributed by atoms with Crippen molar-refractivity contribution in [3.63, 3.8) is 0 Å². The van der Waals surface area contributed by atoms with Gasteiger partial charge in [0.05, 0.1) is 24.5 Å². The van der Waals surface area contributed by atoms with Crippen molar-refractivity contribution in [1.82, 2.24) is 5.06 Å². The molecule has 0 N–H and O–H groups in total. The Hall–Kier alpha value is -2.65. The minimum Gasteiger partial charge on any atom is -0.468 e. The highest BCUT2D eigenvalue weighted by Crippen LogP contribution is 2.40. The molecule has 1 aromatic rings. The fourth-order valence-corrected chi connectivity index (χ4v) is 2.87. The lowest BCUT2D eigenvalue weighted by Crippen LogP contribution is -2.43. The number of nitriles is 1. The molecular weight excluding hydrogens is 320 g/mol. The summed E-state index contributed by atoms with van der Waals surface area (Å²) in [4.78, 5) is 29.8. The van der Waals surface area contributed by atoms with E-state index in [0.717, 1.165) is 11.1 Å². The maximum absolute atomic E-state index is 12.2. The number of hydroxylamine groups is 2. The molecule has 1 heterocycles. The second-order valence-electron chi connectivity index (χ2n) is 6.54. The van der Waals surface area contributed by atoms with Crippen molar-refractivity contribution in [2.75, 3.05) is 7.11 Å². The Morgan fingerprint density at radius 3 is 2.52 bits per heavy atom. The number of nitrogens with zero attached hydrogens (tertiary/aromatic N) is 2. The Morgan fingerprint density at radius 1 is 1.36 bits per heavy atom. The van der Waals surface area contributed by atoms with Crippen LogP contribution in [0.4, 0.5) is 0 Å². The molecule has 25 heavy (non-hydrogen) atoms. The van der Waals surface area contributed by atoms with Crippen molar-refractivity contribution < 1.29 is 19.2 Å². The third-order valence-electron chi connectivity index (χ3n) is 3.98. The third-order valence-corrected chi connectivity index (χ3v) is 3.98. The lowest BCUT2D eigenvalue weighted by Gasteiger charge is -2.40. The molecule has 0 fully saturated rings. The van der Waals surface area contributed by atoms with Crippen molar-refractivity contribution in [3.8, 4) is 6.07 Å². The van der Waals surface area contributed by atoms with Gasteiger partial charge in [0.2, 0.25) is 5.91 Å². The first-order valence-electron chi connectivity index (χ1n) is 8.04. The predicted octanol–water partition coefficient (Wildman–Crippen LogP) is 3.06. The summed E-state index contributed by atoms with van der Waals surface area (Å²) in [5.41, 5.74) is 1.75. The largest absolute Gasteiger partial charge is 0.468 e. The van der Waals surface area contributed by atoms with E-state index >= 15 is 0 Å². The van der Waals surface area contributed by atoms with Gasteiger partial charge in [-0.3, -0.25) is 14.4 Å². The molecule has 1 aromatic carbocycles. The van der Waals surface area contributed by atoms with Crippen LogP contribution in [0.15, 0.2) is 36.0 Å². The van der Waals surface area contributed by atoms with E-state index in [2.05, 4.69) is 0 Å². The van der Waals surface area contributed by atoms with Crippen molar-refractivity contribution in [1.29, 1.82) is 5.26 Å². The van der Waals surface area contributed by atoms with Gasteiger partial charge in [-0.2, -0.15) is 10.3 Å². The van der Waals surface area contributed by atoms with E-state index in [4.69, 9.17) is 9.57 Å². The predicted molar refractivity (Wildman–Crippen MR) is 91.4 cm³/mol. The maximum atomic E-state index is 12.2. The van der Waals surface area contributed by atoms with Gasteiger partial charge in [0.1, 0.15) is 5.92 Å². The molecule has 1 aliphatic rings. The SMILES string of the molecule is COC(=O)C(C#N)CC1=C(c2ccccc2)CC(C)(C)ON1C(C)=O. The average molecular weight is 342 g/mol. The molecule has 0 saturated heterocycles. The summed E-state index contributed by atoms with van der Waals surface area (Å²) in [6.45, 7) is 5.18. The van der Waals surface area contributed by atoms with E-state index in [1.165, 1.54) is 19.1 Å². The number of carbonyl (C=O) groups excluding carboxylic acids is 2. The van der Waals surface area contributed by atoms with Crippen LogP contribution < -0.4 is 0 Å². The highest BCUT2D eigenvalue weighted by Gasteiger charge is 2.37. The Morgan fingerprint density at radius 2 is 2.00 bits per heavy atom. The number of ether oxygens (including phenoxy) is 1. The van der Waals surface area contributed by atoms with Crippen LogP contribution in [0.5, 0.6) is 0 Å². The Bertz CT molecular complexity index is 732. The van der Waals surface area contributed by atoms with Crippen molar-refractivity contribution >= 4 is 17.4 Å². The van der Waals surface area contributed by atoms with E-state index in [-0.39, 0.29) is 12.3 Å². The smallest absolute Gasteiger partial charge is 0.323 e. The highest BCUT2D eigenvalue weighted by molar-refractivity contribution is 5.81. The second-order valence-corrected chi connectivity index (χ2v) is 6.54. The zero-order valence-corrected chi connectivity index (χ0v) is 14.9. The third kappa shape index (κ3) is 4.25. The van der Waals surface area contributed by atoms with Crippen LogP contribution >= 0.6 is 0 Å². The van der Waals surface area contributed by atoms with Crippen LogP contribution in [0.3, 0.4) is 0 Å².